The maximum Gasteiger partial charge on any atom is 0.401 e. The molecule has 1 aliphatic heterocycles. The normalized spacial score (nSPS) is 18.8. The van der Waals surface area contributed by atoms with Crippen molar-refractivity contribution in [2.45, 2.75) is 32.1 Å². The lowest BCUT2D eigenvalue weighted by Gasteiger charge is -2.26. The molecule has 1 aliphatic rings. The van der Waals surface area contributed by atoms with Crippen LogP contribution in [0.2, 0.25) is 0 Å². The van der Waals surface area contributed by atoms with Gasteiger partial charge in [-0.25, -0.2) is 0 Å². The van der Waals surface area contributed by atoms with Crippen molar-refractivity contribution in [3.8, 4) is 0 Å². The van der Waals surface area contributed by atoms with Gasteiger partial charge in [-0.1, -0.05) is 24.3 Å². The number of nitrogens with one attached hydrogen (secondary N) is 1. The molecule has 1 aromatic rings. The van der Waals surface area contributed by atoms with Crippen LogP contribution < -0.4 is 5.32 Å². The lowest BCUT2D eigenvalue weighted by molar-refractivity contribution is -0.143. The molecule has 0 saturated carbocycles. The highest BCUT2D eigenvalue weighted by atomic mass is 127. The number of aliphatic imine (C=N–C) groups is 1. The zero-order valence-electron chi connectivity index (χ0n) is 14.8. The molecule has 0 aromatic heterocycles. The fourth-order valence-electron chi connectivity index (χ4n) is 2.99. The van der Waals surface area contributed by atoms with Crippen LogP contribution in [0.25, 0.3) is 0 Å². The third-order valence-corrected chi connectivity index (χ3v) is 4.25. The van der Waals surface area contributed by atoms with E-state index < -0.39 is 12.7 Å². The number of alkyl halides is 3. The maximum atomic E-state index is 12.5. The Balaban J connectivity index is 0.00000312. The molecule has 1 heterocycles. The number of aryl methyl sites for hydroxylation is 1. The summed E-state index contributed by atoms with van der Waals surface area (Å²) in [5.74, 6) is 0.706. The summed E-state index contributed by atoms with van der Waals surface area (Å²) in [7, 11) is 3.63. The molecule has 1 saturated heterocycles. The molecule has 1 unspecified atom stereocenters. The van der Waals surface area contributed by atoms with Gasteiger partial charge in [0, 0.05) is 39.8 Å². The third kappa shape index (κ3) is 7.01. The second kappa shape index (κ2) is 9.61. The van der Waals surface area contributed by atoms with Gasteiger partial charge in [-0.3, -0.25) is 9.89 Å². The molecule has 4 nitrogen and oxygen atoms in total. The molecule has 1 atom stereocenters. The van der Waals surface area contributed by atoms with E-state index in [9.17, 15) is 13.2 Å². The average molecular weight is 470 g/mol. The van der Waals surface area contributed by atoms with Gasteiger partial charge in [-0.05, 0) is 24.5 Å². The number of likely N-dealkylation sites (tertiary alicyclic amines) is 1. The SMILES string of the molecule is CN=C(NC1CCN(CC(F)(F)F)C1)N(C)Cc1ccccc1C.I. The first-order valence-electron chi connectivity index (χ1n) is 8.06. The molecule has 0 spiro atoms. The molecule has 0 amide bonds. The predicted molar refractivity (Wildman–Crippen MR) is 105 cm³/mol. The van der Waals surface area contributed by atoms with Gasteiger partial charge in [-0.2, -0.15) is 13.2 Å². The number of nitrogens with zero attached hydrogens (tertiary/aromatic N) is 3. The number of hydrogen-bond donors (Lipinski definition) is 1. The number of guanidine groups is 1. The van der Waals surface area contributed by atoms with Gasteiger partial charge < -0.3 is 10.2 Å². The van der Waals surface area contributed by atoms with Crippen LogP contribution in [0, 0.1) is 6.92 Å². The van der Waals surface area contributed by atoms with Gasteiger partial charge in [0.15, 0.2) is 5.96 Å². The van der Waals surface area contributed by atoms with E-state index >= 15 is 0 Å². The summed E-state index contributed by atoms with van der Waals surface area (Å²) in [6.07, 6.45) is -3.45. The van der Waals surface area contributed by atoms with E-state index in [0.29, 0.717) is 32.0 Å². The zero-order chi connectivity index (χ0) is 17.7. The van der Waals surface area contributed by atoms with Crippen LogP contribution in [-0.4, -0.2) is 61.7 Å². The molecule has 0 radical (unpaired) electrons. The standard InChI is InChI=1S/C17H25F3N4.HI/c1-13-6-4-5-7-14(13)10-23(3)16(21-2)22-15-8-9-24(11-15)12-17(18,19)20;/h4-7,15H,8-12H2,1-3H3,(H,21,22);1H. The van der Waals surface area contributed by atoms with Gasteiger partial charge in [0.25, 0.3) is 0 Å². The predicted octanol–water partition coefficient (Wildman–Crippen LogP) is 3.26. The monoisotopic (exact) mass is 470 g/mol. The largest absolute Gasteiger partial charge is 0.401 e. The zero-order valence-corrected chi connectivity index (χ0v) is 17.1. The van der Waals surface area contributed by atoms with Crippen LogP contribution in [0.3, 0.4) is 0 Å². The van der Waals surface area contributed by atoms with E-state index in [1.54, 1.807) is 7.05 Å². The topological polar surface area (TPSA) is 30.9 Å². The van der Waals surface area contributed by atoms with Gasteiger partial charge in [-0.15, -0.1) is 24.0 Å². The molecule has 0 bridgehead atoms. The van der Waals surface area contributed by atoms with Crippen molar-refractivity contribution in [3.63, 3.8) is 0 Å². The average Bonchev–Trinajstić information content (AvgIpc) is 2.92. The van der Waals surface area contributed by atoms with E-state index in [1.807, 2.05) is 24.1 Å². The highest BCUT2D eigenvalue weighted by molar-refractivity contribution is 14.0. The molecular formula is C17H26F3IN4. The lowest BCUT2D eigenvalue weighted by atomic mass is 10.1. The smallest absolute Gasteiger partial charge is 0.352 e. The van der Waals surface area contributed by atoms with Crippen molar-refractivity contribution in [2.75, 3.05) is 33.7 Å². The molecule has 1 aromatic carbocycles. The minimum absolute atomic E-state index is 0. The number of hydrogen-bond acceptors (Lipinski definition) is 2. The quantitative estimate of drug-likeness (QED) is 0.417. The number of halogens is 4. The molecule has 0 aliphatic carbocycles. The van der Waals surface area contributed by atoms with Crippen LogP contribution in [0.5, 0.6) is 0 Å². The second-order valence-electron chi connectivity index (χ2n) is 6.31. The maximum absolute atomic E-state index is 12.5. The van der Waals surface area contributed by atoms with Crippen LogP contribution in [-0.2, 0) is 6.54 Å². The molecule has 2 rings (SSSR count). The van der Waals surface area contributed by atoms with Crippen molar-refractivity contribution in [1.82, 2.24) is 15.1 Å². The van der Waals surface area contributed by atoms with E-state index in [-0.39, 0.29) is 30.0 Å². The van der Waals surface area contributed by atoms with E-state index in [2.05, 4.69) is 29.4 Å². The second-order valence-corrected chi connectivity index (χ2v) is 6.31. The number of benzene rings is 1. The molecule has 1 N–H and O–H groups in total. The Bertz CT molecular complexity index is 577. The van der Waals surface area contributed by atoms with Gasteiger partial charge >= 0.3 is 6.18 Å². The first-order chi connectivity index (χ1) is 11.3. The van der Waals surface area contributed by atoms with Crippen LogP contribution in [0.4, 0.5) is 13.2 Å². The molecular weight excluding hydrogens is 444 g/mol. The Morgan fingerprint density at radius 1 is 1.36 bits per heavy atom. The Kier molecular flexibility index (Phi) is 8.46. The van der Waals surface area contributed by atoms with Gasteiger partial charge in [0.05, 0.1) is 6.54 Å². The van der Waals surface area contributed by atoms with E-state index in [0.717, 1.165) is 0 Å². The van der Waals surface area contributed by atoms with Crippen LogP contribution in [0.15, 0.2) is 29.3 Å². The Labute approximate surface area is 164 Å². The molecule has 25 heavy (non-hydrogen) atoms. The summed E-state index contributed by atoms with van der Waals surface area (Å²) in [4.78, 5) is 7.70. The van der Waals surface area contributed by atoms with E-state index in [4.69, 9.17) is 0 Å². The fourth-order valence-corrected chi connectivity index (χ4v) is 2.99. The van der Waals surface area contributed by atoms with Crippen molar-refractivity contribution >= 4 is 29.9 Å². The first kappa shape index (κ1) is 22.0. The van der Waals surface area contributed by atoms with Crippen molar-refractivity contribution in [3.05, 3.63) is 35.4 Å². The number of rotatable bonds is 4. The van der Waals surface area contributed by atoms with Crippen molar-refractivity contribution < 1.29 is 13.2 Å². The van der Waals surface area contributed by atoms with Gasteiger partial charge in [0.1, 0.15) is 0 Å². The summed E-state index contributed by atoms with van der Waals surface area (Å²) < 4.78 is 37.4. The Morgan fingerprint density at radius 2 is 2.04 bits per heavy atom. The summed E-state index contributed by atoms with van der Waals surface area (Å²) in [6, 6.07) is 8.12. The summed E-state index contributed by atoms with van der Waals surface area (Å²) in [5, 5.41) is 3.29. The highest BCUT2D eigenvalue weighted by Crippen LogP contribution is 2.20. The Hall–Kier alpha value is -1.03. The lowest BCUT2D eigenvalue weighted by Crippen LogP contribution is -2.45. The third-order valence-electron chi connectivity index (χ3n) is 4.25. The first-order valence-corrected chi connectivity index (χ1v) is 8.06. The summed E-state index contributed by atoms with van der Waals surface area (Å²) >= 11 is 0. The molecule has 142 valence electrons. The fraction of sp³-hybridized carbons (Fsp3) is 0.588. The van der Waals surface area contributed by atoms with Gasteiger partial charge in [0.2, 0.25) is 0 Å². The van der Waals surface area contributed by atoms with Crippen LogP contribution in [0.1, 0.15) is 17.5 Å². The molecule has 8 heteroatoms. The van der Waals surface area contributed by atoms with E-state index in [1.165, 1.54) is 16.0 Å². The highest BCUT2D eigenvalue weighted by Gasteiger charge is 2.34. The van der Waals surface area contributed by atoms with Crippen molar-refractivity contribution in [1.29, 1.82) is 0 Å². The summed E-state index contributed by atoms with van der Waals surface area (Å²) in [6.45, 7) is 2.76. The summed E-state index contributed by atoms with van der Waals surface area (Å²) in [5.41, 5.74) is 2.41. The Morgan fingerprint density at radius 3 is 2.64 bits per heavy atom. The van der Waals surface area contributed by atoms with Crippen LogP contribution >= 0.6 is 24.0 Å². The van der Waals surface area contributed by atoms with Crippen molar-refractivity contribution in [2.24, 2.45) is 4.99 Å². The minimum atomic E-state index is -4.14. The minimum Gasteiger partial charge on any atom is -0.352 e. The molecule has 1 fully saturated rings.